The normalized spacial score (nSPS) is 11.8. The Balaban J connectivity index is 2.74. The third-order valence-corrected chi connectivity index (χ3v) is 16.2. The summed E-state index contributed by atoms with van der Waals surface area (Å²) in [7, 11) is 0. The molecule has 112 valence electrons. The topological polar surface area (TPSA) is 0 Å². The molecule has 0 aliphatic rings. The molecule has 0 aliphatic carbocycles. The van der Waals surface area contributed by atoms with Crippen LogP contribution in [0.3, 0.4) is 0 Å². The standard InChI is InChI=1S/2C9H11.2CH3.Sn/c2*1-7-4-8(2)6-9(3)5-7;;;/h2*4-5H,1-3H3;2*1H3;. The third kappa shape index (κ3) is 3.06. The molecule has 0 aliphatic heterocycles. The predicted molar refractivity (Wildman–Crippen MR) is 98.1 cm³/mol. The average Bonchev–Trinajstić information content (AvgIpc) is 2.23. The minimum atomic E-state index is -2.56. The molecule has 0 atom stereocenters. The summed E-state index contributed by atoms with van der Waals surface area (Å²) in [6, 6.07) is 9.44. The van der Waals surface area contributed by atoms with E-state index in [9.17, 15) is 0 Å². The van der Waals surface area contributed by atoms with Gasteiger partial charge in [-0.3, -0.25) is 0 Å². The fourth-order valence-electron chi connectivity index (χ4n) is 4.46. The summed E-state index contributed by atoms with van der Waals surface area (Å²) >= 11 is -2.56. The Bertz CT molecular complexity index is 587. The van der Waals surface area contributed by atoms with Crippen LogP contribution in [0.2, 0.25) is 9.88 Å². The summed E-state index contributed by atoms with van der Waals surface area (Å²) in [4.78, 5) is 5.15. The van der Waals surface area contributed by atoms with Crippen LogP contribution in [0.4, 0.5) is 0 Å². The number of hydrogen-bond donors (Lipinski definition) is 0. The van der Waals surface area contributed by atoms with E-state index in [1.807, 2.05) is 0 Å². The van der Waals surface area contributed by atoms with E-state index in [0.29, 0.717) is 0 Å². The molecule has 0 amide bonds. The molecule has 0 heterocycles. The molecule has 2 rings (SSSR count). The first-order valence-corrected chi connectivity index (χ1v) is 16.4. The van der Waals surface area contributed by atoms with E-state index in [2.05, 4.69) is 75.7 Å². The SMILES string of the molecule is Cc1cc(C)[c]([Sn]([CH3])([CH3])[c]2c(C)cc(C)cc2C)c(C)c1. The van der Waals surface area contributed by atoms with Crippen molar-refractivity contribution >= 4 is 25.5 Å². The van der Waals surface area contributed by atoms with E-state index < -0.39 is 18.4 Å². The molecule has 0 saturated carbocycles. The van der Waals surface area contributed by atoms with Crippen LogP contribution in [-0.4, -0.2) is 18.4 Å². The predicted octanol–water partition coefficient (Wildman–Crippen LogP) is 4.36. The molecule has 0 N–H and O–H groups in total. The minimum absolute atomic E-state index is 1.38. The van der Waals surface area contributed by atoms with Crippen LogP contribution in [0.5, 0.6) is 0 Å². The molecule has 0 radical (unpaired) electrons. The van der Waals surface area contributed by atoms with Gasteiger partial charge in [-0.15, -0.1) is 0 Å². The Hall–Kier alpha value is -0.761. The van der Waals surface area contributed by atoms with Crippen molar-refractivity contribution < 1.29 is 0 Å². The Morgan fingerprint density at radius 3 is 1.00 bits per heavy atom. The molecule has 0 fully saturated rings. The summed E-state index contributed by atoms with van der Waals surface area (Å²) in [5, 5.41) is 0. The van der Waals surface area contributed by atoms with Gasteiger partial charge in [-0.2, -0.15) is 0 Å². The molecule has 2 aromatic rings. The number of rotatable bonds is 2. The monoisotopic (exact) mass is 388 g/mol. The van der Waals surface area contributed by atoms with Crippen LogP contribution in [0, 0.1) is 41.5 Å². The summed E-state index contributed by atoms with van der Waals surface area (Å²) in [6.07, 6.45) is 0. The molecule has 0 bridgehead atoms. The van der Waals surface area contributed by atoms with E-state index in [1.165, 1.54) is 33.4 Å². The Morgan fingerprint density at radius 1 is 0.524 bits per heavy atom. The summed E-state index contributed by atoms with van der Waals surface area (Å²) < 4.78 is 3.37. The van der Waals surface area contributed by atoms with Crippen molar-refractivity contribution in [3.05, 3.63) is 57.6 Å². The molecule has 0 spiro atoms. The van der Waals surface area contributed by atoms with Gasteiger partial charge in [-0.05, 0) is 0 Å². The molecular formula is C20H28Sn. The van der Waals surface area contributed by atoms with Crippen LogP contribution in [-0.2, 0) is 0 Å². The van der Waals surface area contributed by atoms with Crippen molar-refractivity contribution in [2.24, 2.45) is 0 Å². The average molecular weight is 387 g/mol. The first kappa shape index (κ1) is 16.6. The molecule has 0 aromatic heterocycles. The molecule has 0 nitrogen and oxygen atoms in total. The number of benzene rings is 2. The maximum absolute atomic E-state index is 2.57. The van der Waals surface area contributed by atoms with Crippen LogP contribution < -0.4 is 7.16 Å². The van der Waals surface area contributed by atoms with Gasteiger partial charge in [0.15, 0.2) is 0 Å². The Labute approximate surface area is 134 Å². The van der Waals surface area contributed by atoms with Crippen LogP contribution in [0.15, 0.2) is 24.3 Å². The summed E-state index contributed by atoms with van der Waals surface area (Å²) in [6.45, 7) is 13.6. The van der Waals surface area contributed by atoms with Gasteiger partial charge in [0.1, 0.15) is 0 Å². The van der Waals surface area contributed by atoms with Gasteiger partial charge in [0, 0.05) is 0 Å². The fourth-order valence-corrected chi connectivity index (χ4v) is 17.2. The fraction of sp³-hybridized carbons (Fsp3) is 0.400. The van der Waals surface area contributed by atoms with Gasteiger partial charge in [-0.1, -0.05) is 0 Å². The van der Waals surface area contributed by atoms with Crippen molar-refractivity contribution in [3.8, 4) is 0 Å². The Kier molecular flexibility index (Phi) is 4.58. The molecule has 2 aromatic carbocycles. The number of aryl methyl sites for hydroxylation is 6. The van der Waals surface area contributed by atoms with E-state index in [1.54, 1.807) is 7.16 Å². The van der Waals surface area contributed by atoms with Crippen LogP contribution in [0.1, 0.15) is 33.4 Å². The van der Waals surface area contributed by atoms with Gasteiger partial charge >= 0.3 is 135 Å². The molecule has 1 heteroatoms. The second-order valence-electron chi connectivity index (χ2n) is 7.17. The first-order chi connectivity index (χ1) is 9.64. The van der Waals surface area contributed by atoms with Gasteiger partial charge < -0.3 is 0 Å². The maximum atomic E-state index is 2.57. The van der Waals surface area contributed by atoms with Crippen LogP contribution in [0.25, 0.3) is 0 Å². The van der Waals surface area contributed by atoms with Crippen molar-refractivity contribution in [1.82, 2.24) is 0 Å². The summed E-state index contributed by atoms with van der Waals surface area (Å²) in [5.74, 6) is 0. The van der Waals surface area contributed by atoms with Crippen molar-refractivity contribution in [2.45, 2.75) is 51.4 Å². The molecule has 0 unspecified atom stereocenters. The second-order valence-corrected chi connectivity index (χ2v) is 19.3. The van der Waals surface area contributed by atoms with E-state index in [-0.39, 0.29) is 0 Å². The second kappa shape index (κ2) is 5.79. The van der Waals surface area contributed by atoms with Gasteiger partial charge in [0.05, 0.1) is 0 Å². The number of hydrogen-bond acceptors (Lipinski definition) is 0. The van der Waals surface area contributed by atoms with Gasteiger partial charge in [-0.25, -0.2) is 0 Å². The van der Waals surface area contributed by atoms with Crippen molar-refractivity contribution in [3.63, 3.8) is 0 Å². The van der Waals surface area contributed by atoms with Crippen molar-refractivity contribution in [2.75, 3.05) is 0 Å². The van der Waals surface area contributed by atoms with Crippen molar-refractivity contribution in [1.29, 1.82) is 0 Å². The third-order valence-electron chi connectivity index (χ3n) is 4.60. The Morgan fingerprint density at radius 2 is 0.762 bits per heavy atom. The van der Waals surface area contributed by atoms with Gasteiger partial charge in [0.2, 0.25) is 0 Å². The zero-order valence-electron chi connectivity index (χ0n) is 14.8. The molecule has 0 saturated heterocycles. The van der Waals surface area contributed by atoms with Gasteiger partial charge in [0.25, 0.3) is 0 Å². The van der Waals surface area contributed by atoms with E-state index in [0.717, 1.165) is 0 Å². The summed E-state index contributed by atoms with van der Waals surface area (Å²) in [5.41, 5.74) is 8.74. The zero-order valence-corrected chi connectivity index (χ0v) is 17.7. The van der Waals surface area contributed by atoms with E-state index in [4.69, 9.17) is 0 Å². The van der Waals surface area contributed by atoms with Crippen LogP contribution >= 0.6 is 0 Å². The van der Waals surface area contributed by atoms with E-state index >= 15 is 0 Å². The molecule has 21 heavy (non-hydrogen) atoms. The molecular weight excluding hydrogens is 359 g/mol. The first-order valence-electron chi connectivity index (χ1n) is 7.81. The quantitative estimate of drug-likeness (QED) is 0.672. The zero-order chi connectivity index (χ0) is 15.9.